The largest absolute Gasteiger partial charge is 0.465 e. The van der Waals surface area contributed by atoms with Gasteiger partial charge in [-0.3, -0.25) is 4.79 Å². The molecule has 1 aromatic carbocycles. The summed E-state index contributed by atoms with van der Waals surface area (Å²) < 4.78 is 5.30. The third kappa shape index (κ3) is 8.18. The van der Waals surface area contributed by atoms with Crippen LogP contribution in [0.1, 0.15) is 53.0 Å². The lowest BCUT2D eigenvalue weighted by molar-refractivity contribution is -0.120. The van der Waals surface area contributed by atoms with Crippen molar-refractivity contribution in [3.63, 3.8) is 0 Å². The molecule has 0 saturated heterocycles. The van der Waals surface area contributed by atoms with Crippen LogP contribution in [0.2, 0.25) is 0 Å². The quantitative estimate of drug-likeness (QED) is 0.384. The Balaban J connectivity index is 2.15. The molecule has 0 fully saturated rings. The van der Waals surface area contributed by atoms with E-state index >= 15 is 0 Å². The van der Waals surface area contributed by atoms with Crippen molar-refractivity contribution >= 4 is 23.8 Å². The van der Waals surface area contributed by atoms with Crippen molar-refractivity contribution in [3.8, 4) is 0 Å². The van der Waals surface area contributed by atoms with Gasteiger partial charge in [-0.2, -0.15) is 0 Å². The molecule has 1 unspecified atom stereocenters. The fourth-order valence-corrected chi connectivity index (χ4v) is 4.18. The average molecular weight is 479 g/mol. The van der Waals surface area contributed by atoms with Crippen LogP contribution in [0.25, 0.3) is 0 Å². The van der Waals surface area contributed by atoms with E-state index in [2.05, 4.69) is 10.6 Å². The van der Waals surface area contributed by atoms with E-state index in [0.29, 0.717) is 6.42 Å². The summed E-state index contributed by atoms with van der Waals surface area (Å²) in [5, 5.41) is 24.7. The van der Waals surface area contributed by atoms with Gasteiger partial charge in [-0.15, -0.1) is 0 Å². The molecule has 2 rings (SSSR count). The lowest BCUT2D eigenvalue weighted by Crippen LogP contribution is -2.52. The summed E-state index contributed by atoms with van der Waals surface area (Å²) in [4.78, 5) is 38.5. The molecule has 34 heavy (non-hydrogen) atoms. The van der Waals surface area contributed by atoms with Gasteiger partial charge in [0.15, 0.2) is 0 Å². The molecule has 0 aromatic heterocycles. The van der Waals surface area contributed by atoms with Crippen LogP contribution in [0.4, 0.5) is 15.3 Å². The summed E-state index contributed by atoms with van der Waals surface area (Å²) in [6, 6.07) is 6.30. The molecular weight excluding hydrogens is 440 g/mol. The minimum Gasteiger partial charge on any atom is -0.465 e. The first-order valence-corrected chi connectivity index (χ1v) is 11.5. The van der Waals surface area contributed by atoms with Crippen LogP contribution >= 0.6 is 0 Å². The highest BCUT2D eigenvalue weighted by atomic mass is 16.6. The van der Waals surface area contributed by atoms with Gasteiger partial charge in [0.05, 0.1) is 18.2 Å². The number of ether oxygens (including phenoxy) is 1. The number of para-hydroxylation sites is 1. The van der Waals surface area contributed by atoms with Crippen molar-refractivity contribution < 1.29 is 29.3 Å². The maximum atomic E-state index is 13.4. The summed E-state index contributed by atoms with van der Waals surface area (Å²) in [5.74, 6) is -0.174. The van der Waals surface area contributed by atoms with Crippen LogP contribution in [-0.4, -0.2) is 65.2 Å². The van der Waals surface area contributed by atoms with E-state index in [1.54, 1.807) is 25.7 Å². The molecule has 3 amide bonds. The molecule has 0 radical (unpaired) electrons. The number of hydrogen-bond acceptors (Lipinski definition) is 6. The van der Waals surface area contributed by atoms with Crippen molar-refractivity contribution in [1.29, 1.82) is 0 Å². The summed E-state index contributed by atoms with van der Waals surface area (Å²) in [6.45, 7) is 9.14. The van der Waals surface area contributed by atoms with E-state index in [4.69, 9.17) is 15.6 Å². The zero-order valence-corrected chi connectivity index (χ0v) is 20.6. The zero-order valence-electron chi connectivity index (χ0n) is 20.6. The Morgan fingerprint density at radius 3 is 2.44 bits per heavy atom. The molecule has 3 atom stereocenters. The lowest BCUT2D eigenvalue weighted by atomic mass is 9.80. The lowest BCUT2D eigenvalue weighted by Gasteiger charge is -2.37. The Hall–Kier alpha value is -2.85. The first-order valence-electron chi connectivity index (χ1n) is 11.5. The number of amides is 3. The van der Waals surface area contributed by atoms with Gasteiger partial charge in [0.2, 0.25) is 5.91 Å². The Kier molecular flexibility index (Phi) is 8.90. The topological polar surface area (TPSA) is 154 Å². The summed E-state index contributed by atoms with van der Waals surface area (Å²) in [5.41, 5.74) is 5.99. The molecule has 1 aliphatic rings. The van der Waals surface area contributed by atoms with Crippen molar-refractivity contribution in [1.82, 2.24) is 10.6 Å². The second-order valence-corrected chi connectivity index (χ2v) is 10.6. The predicted octanol–water partition coefficient (Wildman–Crippen LogP) is 2.23. The minimum atomic E-state index is -1.14. The predicted molar refractivity (Wildman–Crippen MR) is 129 cm³/mol. The number of fused-ring (bicyclic) bond motifs is 1. The number of alkyl carbamates (subject to hydrolysis) is 1. The van der Waals surface area contributed by atoms with Gasteiger partial charge in [-0.25, -0.2) is 9.59 Å². The van der Waals surface area contributed by atoms with Crippen molar-refractivity contribution in [2.24, 2.45) is 11.1 Å². The number of nitrogens with two attached hydrogens (primary N) is 1. The molecule has 10 heteroatoms. The van der Waals surface area contributed by atoms with Crippen molar-refractivity contribution in [3.05, 3.63) is 29.8 Å². The van der Waals surface area contributed by atoms with Gasteiger partial charge in [-0.1, -0.05) is 32.0 Å². The molecule has 10 nitrogen and oxygen atoms in total. The molecule has 190 valence electrons. The third-order valence-electron chi connectivity index (χ3n) is 5.59. The summed E-state index contributed by atoms with van der Waals surface area (Å²) >= 11 is 0. The number of hydrogen-bond donors (Lipinski definition) is 5. The molecule has 1 heterocycles. The van der Waals surface area contributed by atoms with Gasteiger partial charge >= 0.3 is 12.2 Å². The van der Waals surface area contributed by atoms with Gasteiger partial charge in [0.25, 0.3) is 0 Å². The van der Waals surface area contributed by atoms with Crippen LogP contribution < -0.4 is 21.3 Å². The molecule has 1 aromatic rings. The molecule has 0 aliphatic carbocycles. The molecular formula is C24H38N4O6. The van der Waals surface area contributed by atoms with E-state index < -0.39 is 41.4 Å². The van der Waals surface area contributed by atoms with Crippen LogP contribution in [0.5, 0.6) is 0 Å². The minimum absolute atomic E-state index is 0.0630. The van der Waals surface area contributed by atoms with Crippen LogP contribution in [0, 0.1) is 5.41 Å². The number of aliphatic hydroxyl groups excluding tert-OH is 1. The maximum Gasteiger partial charge on any atom is 0.407 e. The average Bonchev–Trinajstić information content (AvgIpc) is 2.69. The molecule has 0 bridgehead atoms. The molecule has 1 aliphatic heterocycles. The number of nitrogens with zero attached hydrogens (tertiary/aromatic N) is 1. The second kappa shape index (κ2) is 11.1. The first-order chi connectivity index (χ1) is 15.7. The van der Waals surface area contributed by atoms with Crippen LogP contribution in [-0.2, 0) is 16.0 Å². The summed E-state index contributed by atoms with van der Waals surface area (Å²) in [6.07, 6.45) is -1.92. The zero-order chi connectivity index (χ0) is 25.7. The molecule has 0 spiro atoms. The highest BCUT2D eigenvalue weighted by Crippen LogP contribution is 2.33. The number of nitrogens with one attached hydrogen (secondary N) is 2. The Morgan fingerprint density at radius 2 is 1.85 bits per heavy atom. The van der Waals surface area contributed by atoms with E-state index in [9.17, 15) is 19.5 Å². The third-order valence-corrected chi connectivity index (χ3v) is 5.59. The van der Waals surface area contributed by atoms with Crippen LogP contribution in [0.15, 0.2) is 24.3 Å². The standard InChI is InChI=1S/C24H38N4O6/c1-23(2,3)34-22(33)27-17(19(29)13-25)11-24(4,5)12-20(30)28-14-16(26-21(31)32)10-15-8-6-7-9-18(15)28/h6-9,16-17,19,26,29H,10-14,25H2,1-5H3,(H,27,33)(H,31,32)/t16?,17-,19-/m0/s1. The van der Waals surface area contributed by atoms with E-state index in [1.165, 1.54) is 0 Å². The number of carbonyl (C=O) groups excluding carboxylic acids is 2. The second-order valence-electron chi connectivity index (χ2n) is 10.6. The van der Waals surface area contributed by atoms with E-state index in [0.717, 1.165) is 11.3 Å². The highest BCUT2D eigenvalue weighted by molar-refractivity contribution is 5.95. The Bertz CT molecular complexity index is 882. The number of benzene rings is 1. The SMILES string of the molecule is CC(C)(CC(=O)N1CC(NC(=O)O)Cc2ccccc21)C[C@H](NC(=O)OC(C)(C)C)[C@@H](O)CN. The fraction of sp³-hybridized carbons (Fsp3) is 0.625. The van der Waals surface area contributed by atoms with Crippen LogP contribution in [0.3, 0.4) is 0 Å². The first kappa shape index (κ1) is 27.4. The summed E-state index contributed by atoms with van der Waals surface area (Å²) in [7, 11) is 0. The number of anilines is 1. The smallest absolute Gasteiger partial charge is 0.407 e. The maximum absolute atomic E-state index is 13.4. The number of carboxylic acid groups (broad SMARTS) is 1. The molecule has 0 saturated carbocycles. The molecule has 6 N–H and O–H groups in total. The van der Waals surface area contributed by atoms with Gasteiger partial charge in [-0.05, 0) is 50.7 Å². The fourth-order valence-electron chi connectivity index (χ4n) is 4.18. The van der Waals surface area contributed by atoms with Gasteiger partial charge in [0.1, 0.15) is 5.60 Å². The van der Waals surface area contributed by atoms with Gasteiger partial charge in [0, 0.05) is 25.2 Å². The Morgan fingerprint density at radius 1 is 1.21 bits per heavy atom. The monoisotopic (exact) mass is 478 g/mol. The van der Waals surface area contributed by atoms with E-state index in [1.807, 2.05) is 38.1 Å². The number of aliphatic hydroxyl groups is 1. The normalized spacial score (nSPS) is 17.9. The highest BCUT2D eigenvalue weighted by Gasteiger charge is 2.35. The Labute approximate surface area is 200 Å². The van der Waals surface area contributed by atoms with E-state index in [-0.39, 0.29) is 31.8 Å². The van der Waals surface area contributed by atoms with Crippen molar-refractivity contribution in [2.75, 3.05) is 18.0 Å². The van der Waals surface area contributed by atoms with Crippen molar-refractivity contribution in [2.45, 2.75) is 77.7 Å². The van der Waals surface area contributed by atoms with Gasteiger partial charge < -0.3 is 36.2 Å². The number of carbonyl (C=O) groups is 3. The number of rotatable bonds is 8.